The van der Waals surface area contributed by atoms with Crippen LogP contribution in [0.2, 0.25) is 5.02 Å². The zero-order valence-corrected chi connectivity index (χ0v) is 19.6. The summed E-state index contributed by atoms with van der Waals surface area (Å²) in [5.74, 6) is -0.371. The minimum Gasteiger partial charge on any atom is -0.350 e. The second-order valence-electron chi connectivity index (χ2n) is 7.95. The predicted molar refractivity (Wildman–Crippen MR) is 132 cm³/mol. The summed E-state index contributed by atoms with van der Waals surface area (Å²) >= 11 is 7.40. The molecule has 0 spiro atoms. The lowest BCUT2D eigenvalue weighted by molar-refractivity contribution is -0.120. The number of halogens is 1. The minimum atomic E-state index is -0.387. The maximum Gasteiger partial charge on any atom is 0.283 e. The molecule has 6 heteroatoms. The largest absolute Gasteiger partial charge is 0.350 e. The molecule has 162 valence electrons. The van der Waals surface area contributed by atoms with Gasteiger partial charge in [-0.2, -0.15) is 0 Å². The van der Waals surface area contributed by atoms with Crippen LogP contribution in [0.15, 0.2) is 88.3 Å². The van der Waals surface area contributed by atoms with Crippen LogP contribution in [-0.2, 0) is 9.59 Å². The van der Waals surface area contributed by atoms with Gasteiger partial charge in [0.05, 0.1) is 5.69 Å². The first-order chi connectivity index (χ1) is 15.3. The Morgan fingerprint density at radius 2 is 1.59 bits per heavy atom. The van der Waals surface area contributed by atoms with Crippen LogP contribution >= 0.6 is 23.4 Å². The maximum absolute atomic E-state index is 13.4. The van der Waals surface area contributed by atoms with Crippen molar-refractivity contribution < 1.29 is 9.59 Å². The third-order valence-corrected chi connectivity index (χ3v) is 6.52. The first-order valence-electron chi connectivity index (χ1n) is 10.3. The fourth-order valence-corrected chi connectivity index (χ4v) is 4.51. The van der Waals surface area contributed by atoms with Crippen LogP contribution in [0.3, 0.4) is 0 Å². The molecule has 3 aromatic carbocycles. The van der Waals surface area contributed by atoms with E-state index in [0.717, 1.165) is 16.0 Å². The molecule has 4 rings (SSSR count). The molecule has 1 aliphatic heterocycles. The van der Waals surface area contributed by atoms with Crippen molar-refractivity contribution in [1.29, 1.82) is 0 Å². The van der Waals surface area contributed by atoms with Gasteiger partial charge in [0.1, 0.15) is 10.6 Å². The molecular formula is C26H23ClN2O2S. The average Bonchev–Trinajstić information content (AvgIpc) is 2.99. The van der Waals surface area contributed by atoms with Gasteiger partial charge in [-0.3, -0.25) is 9.59 Å². The van der Waals surface area contributed by atoms with Crippen molar-refractivity contribution >= 4 is 46.6 Å². The van der Waals surface area contributed by atoms with Gasteiger partial charge in [0.15, 0.2) is 0 Å². The molecule has 0 fully saturated rings. The summed E-state index contributed by atoms with van der Waals surface area (Å²) in [6.07, 6.45) is 0. The molecule has 0 unspecified atom stereocenters. The molecule has 0 saturated carbocycles. The molecular weight excluding hydrogens is 440 g/mol. The summed E-state index contributed by atoms with van der Waals surface area (Å²) in [5.41, 5.74) is 3.71. The highest BCUT2D eigenvalue weighted by atomic mass is 35.5. The van der Waals surface area contributed by atoms with Crippen molar-refractivity contribution in [3.63, 3.8) is 0 Å². The zero-order valence-electron chi connectivity index (χ0n) is 18.1. The SMILES string of the molecule is Cc1ccc(SC2=C(Nc3cccc(Cl)c3)C(=O)N(c3ccc(C(C)C)cc3)C2=O)cc1. The first kappa shape index (κ1) is 22.2. The Morgan fingerprint density at radius 3 is 2.22 bits per heavy atom. The molecule has 0 radical (unpaired) electrons. The summed E-state index contributed by atoms with van der Waals surface area (Å²) in [7, 11) is 0. The zero-order chi connectivity index (χ0) is 22.8. The summed E-state index contributed by atoms with van der Waals surface area (Å²) in [5, 5.41) is 3.68. The van der Waals surface area contributed by atoms with Gasteiger partial charge in [-0.05, 0) is 60.9 Å². The van der Waals surface area contributed by atoms with E-state index in [4.69, 9.17) is 11.6 Å². The molecule has 3 aromatic rings. The highest BCUT2D eigenvalue weighted by Gasteiger charge is 2.40. The highest BCUT2D eigenvalue weighted by Crippen LogP contribution is 2.38. The van der Waals surface area contributed by atoms with Crippen LogP contribution in [-0.4, -0.2) is 11.8 Å². The van der Waals surface area contributed by atoms with Crippen molar-refractivity contribution in [3.05, 3.63) is 99.5 Å². The third-order valence-electron chi connectivity index (χ3n) is 5.19. The van der Waals surface area contributed by atoms with E-state index in [1.54, 1.807) is 18.2 Å². The fourth-order valence-electron chi connectivity index (χ4n) is 3.39. The van der Waals surface area contributed by atoms with Crippen LogP contribution < -0.4 is 10.2 Å². The van der Waals surface area contributed by atoms with E-state index in [-0.39, 0.29) is 17.5 Å². The van der Waals surface area contributed by atoms with Gasteiger partial charge >= 0.3 is 0 Å². The molecule has 0 bridgehead atoms. The summed E-state index contributed by atoms with van der Waals surface area (Å²) in [4.78, 5) is 29.3. The van der Waals surface area contributed by atoms with Crippen LogP contribution in [0, 0.1) is 6.92 Å². The summed E-state index contributed by atoms with van der Waals surface area (Å²) in [6.45, 7) is 6.21. The van der Waals surface area contributed by atoms with E-state index in [2.05, 4.69) is 19.2 Å². The smallest absolute Gasteiger partial charge is 0.283 e. The van der Waals surface area contributed by atoms with Crippen LogP contribution in [0.5, 0.6) is 0 Å². The number of amides is 2. The lowest BCUT2D eigenvalue weighted by atomic mass is 10.0. The Kier molecular flexibility index (Phi) is 6.40. The maximum atomic E-state index is 13.4. The van der Waals surface area contributed by atoms with Crippen molar-refractivity contribution in [1.82, 2.24) is 0 Å². The average molecular weight is 463 g/mol. The fraction of sp³-hybridized carbons (Fsp3) is 0.154. The molecule has 32 heavy (non-hydrogen) atoms. The van der Waals surface area contributed by atoms with E-state index in [1.807, 2.05) is 61.5 Å². The number of benzene rings is 3. The molecule has 1 heterocycles. The second-order valence-corrected chi connectivity index (χ2v) is 9.47. The number of aryl methyl sites for hydroxylation is 1. The first-order valence-corrected chi connectivity index (χ1v) is 11.5. The van der Waals surface area contributed by atoms with E-state index in [1.165, 1.54) is 16.7 Å². The van der Waals surface area contributed by atoms with Gasteiger partial charge in [0.2, 0.25) is 0 Å². The van der Waals surface area contributed by atoms with E-state index in [0.29, 0.717) is 27.2 Å². The van der Waals surface area contributed by atoms with Crippen molar-refractivity contribution in [2.24, 2.45) is 0 Å². The number of nitrogens with one attached hydrogen (secondary N) is 1. The number of carbonyl (C=O) groups excluding carboxylic acids is 2. The Balaban J connectivity index is 1.72. The van der Waals surface area contributed by atoms with E-state index in [9.17, 15) is 9.59 Å². The Hall–Kier alpha value is -3.02. The van der Waals surface area contributed by atoms with Gasteiger partial charge in [0.25, 0.3) is 11.8 Å². The van der Waals surface area contributed by atoms with Crippen molar-refractivity contribution in [2.75, 3.05) is 10.2 Å². The van der Waals surface area contributed by atoms with Gasteiger partial charge in [-0.15, -0.1) is 0 Å². The van der Waals surface area contributed by atoms with Gasteiger partial charge in [-0.25, -0.2) is 4.90 Å². The molecule has 0 aliphatic carbocycles. The van der Waals surface area contributed by atoms with Gasteiger partial charge < -0.3 is 5.32 Å². The molecule has 1 N–H and O–H groups in total. The Bertz CT molecular complexity index is 1200. The number of thioether (sulfide) groups is 1. The summed E-state index contributed by atoms with van der Waals surface area (Å²) < 4.78 is 0. The third kappa shape index (κ3) is 4.59. The topological polar surface area (TPSA) is 49.4 Å². The quantitative estimate of drug-likeness (QED) is 0.411. The number of imide groups is 1. The minimum absolute atomic E-state index is 0.246. The predicted octanol–water partition coefficient (Wildman–Crippen LogP) is 6.76. The molecule has 0 atom stereocenters. The molecule has 4 nitrogen and oxygen atoms in total. The Morgan fingerprint density at radius 1 is 0.906 bits per heavy atom. The number of hydrogen-bond acceptors (Lipinski definition) is 4. The lowest BCUT2D eigenvalue weighted by Crippen LogP contribution is -2.32. The monoisotopic (exact) mass is 462 g/mol. The van der Waals surface area contributed by atoms with Crippen molar-refractivity contribution in [3.8, 4) is 0 Å². The lowest BCUT2D eigenvalue weighted by Gasteiger charge is -2.16. The molecule has 0 aromatic heterocycles. The van der Waals surface area contributed by atoms with Gasteiger partial charge in [-0.1, -0.05) is 73.1 Å². The molecule has 1 aliphatic rings. The normalized spacial score (nSPS) is 14.0. The van der Waals surface area contributed by atoms with Gasteiger partial charge in [0, 0.05) is 15.6 Å². The van der Waals surface area contributed by atoms with E-state index < -0.39 is 0 Å². The summed E-state index contributed by atoms with van der Waals surface area (Å²) in [6, 6.07) is 22.5. The number of carbonyl (C=O) groups is 2. The number of rotatable bonds is 6. The van der Waals surface area contributed by atoms with Crippen molar-refractivity contribution in [2.45, 2.75) is 31.6 Å². The van der Waals surface area contributed by atoms with Crippen LogP contribution in [0.25, 0.3) is 0 Å². The highest BCUT2D eigenvalue weighted by molar-refractivity contribution is 8.04. The standard InChI is InChI=1S/C26H23ClN2O2S/c1-16(2)18-9-11-21(12-10-18)29-25(30)23(28-20-6-4-5-19(27)15-20)24(26(29)31)32-22-13-7-17(3)8-14-22/h4-16,28H,1-3H3. The molecule has 0 saturated heterocycles. The molecule has 2 amide bonds. The number of hydrogen-bond donors (Lipinski definition) is 1. The number of nitrogens with zero attached hydrogens (tertiary/aromatic N) is 1. The Labute approximate surface area is 197 Å². The van der Waals surface area contributed by atoms with E-state index >= 15 is 0 Å². The van der Waals surface area contributed by atoms with Crippen LogP contribution in [0.1, 0.15) is 30.9 Å². The number of anilines is 2. The second kappa shape index (κ2) is 9.23. The van der Waals surface area contributed by atoms with Crippen LogP contribution in [0.4, 0.5) is 11.4 Å².